The Morgan fingerprint density at radius 3 is 2.18 bits per heavy atom. The Labute approximate surface area is 242 Å². The van der Waals surface area contributed by atoms with Crippen molar-refractivity contribution in [3.8, 4) is 0 Å². The molecule has 5 rings (SSSR count). The first-order valence-electron chi connectivity index (χ1n) is 16.7. The van der Waals surface area contributed by atoms with E-state index in [1.165, 1.54) is 51.4 Å². The second-order valence-electron chi connectivity index (χ2n) is 17.6. The molecular weight excluding hydrogens is 496 g/mol. The van der Waals surface area contributed by atoms with Gasteiger partial charge in [0, 0.05) is 18.4 Å². The molecule has 1 spiro atoms. The van der Waals surface area contributed by atoms with Crippen LogP contribution in [0.4, 0.5) is 0 Å². The number of methoxy groups -OCH3 is 1. The molecule has 5 aliphatic carbocycles. The SMILES string of the molecule is CO[C@@H]1C[C@H]2[C@@H]3CC[C@H]([C@H](C)[C@@H](O[Si](C)(C)C(C)(C)C)C(=O)[C@@H](C)C(C)C)[C@@]3(C)CC[C@@H]2[C@@]2(C)CC[C@@H]3C[C@]312. The molecule has 0 unspecified atom stereocenters. The van der Waals surface area contributed by atoms with Gasteiger partial charge in [0.25, 0.3) is 0 Å². The molecule has 0 aromatic carbocycles. The van der Waals surface area contributed by atoms with E-state index < -0.39 is 8.32 Å². The summed E-state index contributed by atoms with van der Waals surface area (Å²) in [6.45, 7) is 25.8. The lowest BCUT2D eigenvalue weighted by Crippen LogP contribution is -2.57. The monoisotopic (exact) mass is 558 g/mol. The van der Waals surface area contributed by atoms with Gasteiger partial charge in [-0.1, -0.05) is 62.3 Å². The number of ketones is 1. The maximum absolute atomic E-state index is 14.1. The summed E-state index contributed by atoms with van der Waals surface area (Å²) >= 11 is 0. The number of hydrogen-bond donors (Lipinski definition) is 0. The van der Waals surface area contributed by atoms with Crippen LogP contribution in [0.25, 0.3) is 0 Å². The number of ether oxygens (including phenoxy) is 1. The normalized spacial score (nSPS) is 45.7. The predicted molar refractivity (Wildman–Crippen MR) is 164 cm³/mol. The lowest BCUT2D eigenvalue weighted by molar-refractivity contribution is -0.163. The second-order valence-corrected chi connectivity index (χ2v) is 22.3. The molecule has 39 heavy (non-hydrogen) atoms. The number of carbonyl (C=O) groups is 1. The van der Waals surface area contributed by atoms with Crippen LogP contribution in [0, 0.1) is 63.6 Å². The molecule has 5 fully saturated rings. The summed E-state index contributed by atoms with van der Waals surface area (Å²) in [4.78, 5) is 14.1. The van der Waals surface area contributed by atoms with E-state index in [4.69, 9.17) is 9.16 Å². The van der Waals surface area contributed by atoms with Gasteiger partial charge < -0.3 is 9.16 Å². The van der Waals surface area contributed by atoms with Crippen molar-refractivity contribution in [2.75, 3.05) is 7.11 Å². The van der Waals surface area contributed by atoms with Crippen molar-refractivity contribution in [2.45, 2.75) is 144 Å². The third-order valence-electron chi connectivity index (χ3n) is 15.0. The van der Waals surface area contributed by atoms with Crippen molar-refractivity contribution in [1.29, 1.82) is 0 Å². The van der Waals surface area contributed by atoms with Gasteiger partial charge in [0.05, 0.1) is 6.10 Å². The Morgan fingerprint density at radius 1 is 0.949 bits per heavy atom. The van der Waals surface area contributed by atoms with Crippen molar-refractivity contribution in [1.82, 2.24) is 0 Å². The van der Waals surface area contributed by atoms with E-state index in [2.05, 4.69) is 75.4 Å². The number of hydrogen-bond acceptors (Lipinski definition) is 3. The highest BCUT2D eigenvalue weighted by Gasteiger charge is 2.77. The lowest BCUT2D eigenvalue weighted by Gasteiger charge is -2.61. The van der Waals surface area contributed by atoms with Gasteiger partial charge in [-0.05, 0) is 122 Å². The summed E-state index contributed by atoms with van der Waals surface area (Å²) in [6.07, 6.45) is 11.0. The Bertz CT molecular complexity index is 952. The molecule has 12 atom stereocenters. The van der Waals surface area contributed by atoms with Crippen LogP contribution < -0.4 is 0 Å². The minimum atomic E-state index is -2.10. The molecule has 5 saturated carbocycles. The molecule has 3 nitrogen and oxygen atoms in total. The standard InChI is InChI=1S/C35H62O3Si/c1-21(2)22(3)30(36)31(38-39(11,12)32(5,6)7)23(4)26-13-14-27-25-19-29(37-10)35-20-24(35)15-18-34(35,9)28(25)16-17-33(26,27)8/h21-29,31H,13-20H2,1-12H3/t22-,23-,24+,25-,26+,27-,28-,29+,31+,33+,34+,35-/m0/s1. The average molecular weight is 559 g/mol. The highest BCUT2D eigenvalue weighted by molar-refractivity contribution is 6.74. The van der Waals surface area contributed by atoms with Crippen LogP contribution in [-0.4, -0.2) is 33.4 Å². The summed E-state index contributed by atoms with van der Waals surface area (Å²) in [5.74, 6) is 4.91. The first-order chi connectivity index (χ1) is 18.0. The molecule has 0 amide bonds. The van der Waals surface area contributed by atoms with Crippen LogP contribution in [0.1, 0.15) is 114 Å². The summed E-state index contributed by atoms with van der Waals surface area (Å²) < 4.78 is 13.5. The van der Waals surface area contributed by atoms with Gasteiger partial charge >= 0.3 is 0 Å². The smallest absolute Gasteiger partial charge is 0.193 e. The maximum Gasteiger partial charge on any atom is 0.193 e. The van der Waals surface area contributed by atoms with E-state index in [-0.39, 0.29) is 23.0 Å². The average Bonchev–Trinajstić information content (AvgIpc) is 3.36. The molecule has 0 saturated heterocycles. The third-order valence-corrected chi connectivity index (χ3v) is 19.4. The van der Waals surface area contributed by atoms with Crippen LogP contribution in [0.3, 0.4) is 0 Å². The van der Waals surface area contributed by atoms with E-state index >= 15 is 0 Å². The molecule has 0 aromatic rings. The van der Waals surface area contributed by atoms with Gasteiger partial charge in [0.1, 0.15) is 6.10 Å². The summed E-state index contributed by atoms with van der Waals surface area (Å²) in [7, 11) is -0.101. The summed E-state index contributed by atoms with van der Waals surface area (Å²) in [6, 6.07) is 0. The molecule has 224 valence electrons. The van der Waals surface area contributed by atoms with E-state index in [9.17, 15) is 4.79 Å². The minimum Gasteiger partial charge on any atom is -0.407 e. The largest absolute Gasteiger partial charge is 0.407 e. The Morgan fingerprint density at radius 2 is 1.62 bits per heavy atom. The number of rotatable bonds is 8. The third kappa shape index (κ3) is 4.25. The summed E-state index contributed by atoms with van der Waals surface area (Å²) in [5.41, 5.74) is 1.27. The fourth-order valence-corrected chi connectivity index (χ4v) is 12.5. The fraction of sp³-hybridized carbons (Fsp3) is 0.971. The van der Waals surface area contributed by atoms with E-state index in [0.717, 1.165) is 23.7 Å². The minimum absolute atomic E-state index is 0.0359. The maximum atomic E-state index is 14.1. The molecule has 0 aliphatic heterocycles. The zero-order valence-corrected chi connectivity index (χ0v) is 28.7. The number of fused-ring (bicyclic) bond motifs is 4. The first-order valence-corrected chi connectivity index (χ1v) is 19.6. The van der Waals surface area contributed by atoms with E-state index in [0.29, 0.717) is 40.0 Å². The van der Waals surface area contributed by atoms with Crippen LogP contribution in [0.15, 0.2) is 0 Å². The van der Waals surface area contributed by atoms with Crippen molar-refractivity contribution in [3.63, 3.8) is 0 Å². The van der Waals surface area contributed by atoms with Gasteiger partial charge in [0.2, 0.25) is 0 Å². The van der Waals surface area contributed by atoms with E-state index in [1.54, 1.807) is 0 Å². The van der Waals surface area contributed by atoms with Gasteiger partial charge in [-0.3, -0.25) is 4.79 Å². The summed E-state index contributed by atoms with van der Waals surface area (Å²) in [5, 5.41) is 0.0944. The van der Waals surface area contributed by atoms with Gasteiger partial charge in [0.15, 0.2) is 14.1 Å². The molecular formula is C35H62O3Si. The van der Waals surface area contributed by atoms with E-state index in [1.807, 2.05) is 7.11 Å². The molecule has 0 heterocycles. The first kappa shape index (κ1) is 30.3. The Balaban J connectivity index is 1.43. The highest BCUT2D eigenvalue weighted by Crippen LogP contribution is 2.82. The number of Topliss-reactive ketones (excluding diaryl/α,β-unsaturated/α-hetero) is 1. The molecule has 0 radical (unpaired) electrons. The molecule has 0 N–H and O–H groups in total. The Hall–Kier alpha value is -0.193. The zero-order chi connectivity index (χ0) is 28.9. The quantitative estimate of drug-likeness (QED) is 0.279. The van der Waals surface area contributed by atoms with Crippen LogP contribution in [-0.2, 0) is 14.0 Å². The molecule has 5 aliphatic rings. The molecule has 4 heteroatoms. The van der Waals surface area contributed by atoms with Crippen molar-refractivity contribution >= 4 is 14.1 Å². The topological polar surface area (TPSA) is 35.5 Å². The molecule has 0 aromatic heterocycles. The van der Waals surface area contributed by atoms with Crippen LogP contribution in [0.5, 0.6) is 0 Å². The predicted octanol–water partition coefficient (Wildman–Crippen LogP) is 9.16. The van der Waals surface area contributed by atoms with Crippen LogP contribution in [0.2, 0.25) is 18.1 Å². The van der Waals surface area contributed by atoms with Gasteiger partial charge in [-0.15, -0.1) is 0 Å². The zero-order valence-electron chi connectivity index (χ0n) is 27.7. The Kier molecular flexibility index (Phi) is 7.50. The van der Waals surface area contributed by atoms with Crippen molar-refractivity contribution < 1.29 is 14.0 Å². The number of carbonyl (C=O) groups excluding carboxylic acids is 1. The van der Waals surface area contributed by atoms with Crippen LogP contribution >= 0.6 is 0 Å². The lowest BCUT2D eigenvalue weighted by atomic mass is 9.45. The highest BCUT2D eigenvalue weighted by atomic mass is 28.4. The molecule has 0 bridgehead atoms. The fourth-order valence-electron chi connectivity index (χ4n) is 11.2. The van der Waals surface area contributed by atoms with Crippen molar-refractivity contribution in [3.05, 3.63) is 0 Å². The van der Waals surface area contributed by atoms with Crippen molar-refractivity contribution in [2.24, 2.45) is 63.6 Å². The van der Waals surface area contributed by atoms with Gasteiger partial charge in [-0.2, -0.15) is 0 Å². The van der Waals surface area contributed by atoms with Gasteiger partial charge in [-0.25, -0.2) is 0 Å². The second kappa shape index (κ2) is 9.66.